The van der Waals surface area contributed by atoms with Gasteiger partial charge in [0.25, 0.3) is 0 Å². The molecular weight excluding hydrogens is 156 g/mol. The Morgan fingerprint density at radius 3 is 2.82 bits per heavy atom. The first-order chi connectivity index (χ1) is 5.18. The van der Waals surface area contributed by atoms with Gasteiger partial charge in [-0.2, -0.15) is 0 Å². The molecule has 1 rings (SSSR count). The van der Waals surface area contributed by atoms with Gasteiger partial charge in [-0.05, 0) is 36.9 Å². The Labute approximate surface area is 70.4 Å². The van der Waals surface area contributed by atoms with Crippen molar-refractivity contribution in [1.29, 1.82) is 0 Å². The smallest absolute Gasteiger partial charge is 0.152 e. The molecule has 58 valence electrons. The summed E-state index contributed by atoms with van der Waals surface area (Å²) in [7, 11) is 0. The van der Waals surface area contributed by atoms with E-state index in [0.717, 1.165) is 5.56 Å². The van der Waals surface area contributed by atoms with Crippen LogP contribution in [0.1, 0.15) is 17.4 Å². The van der Waals surface area contributed by atoms with Crippen LogP contribution in [0, 0.1) is 6.92 Å². The lowest BCUT2D eigenvalue weighted by Crippen LogP contribution is -1.78. The van der Waals surface area contributed by atoms with Crippen LogP contribution in [0.3, 0.4) is 0 Å². The highest BCUT2D eigenvalue weighted by Crippen LogP contribution is 2.13. The van der Waals surface area contributed by atoms with Crippen molar-refractivity contribution in [3.63, 3.8) is 0 Å². The summed E-state index contributed by atoms with van der Waals surface area (Å²) in [5.74, 6) is 0.0915. The molecule has 11 heavy (non-hydrogen) atoms. The van der Waals surface area contributed by atoms with Gasteiger partial charge < -0.3 is 0 Å². The predicted octanol–water partition coefficient (Wildman–Crippen LogP) is 2.66. The van der Waals surface area contributed by atoms with Gasteiger partial charge in [0.05, 0.1) is 0 Å². The highest BCUT2D eigenvalue weighted by Gasteiger charge is 1.90. The quantitative estimate of drug-likeness (QED) is 0.617. The van der Waals surface area contributed by atoms with Gasteiger partial charge in [-0.3, -0.25) is 4.79 Å². The molecule has 0 atom stereocenters. The second kappa shape index (κ2) is 3.49. The van der Waals surface area contributed by atoms with Crippen molar-refractivity contribution >= 4 is 23.2 Å². The van der Waals surface area contributed by atoms with E-state index in [2.05, 4.69) is 13.0 Å². The third kappa shape index (κ3) is 2.68. The molecule has 0 saturated carbocycles. The van der Waals surface area contributed by atoms with Crippen LogP contribution in [0.25, 0.3) is 6.08 Å². The first-order valence-corrected chi connectivity index (χ1v) is 4.30. The zero-order valence-corrected chi connectivity index (χ0v) is 7.44. The van der Waals surface area contributed by atoms with Gasteiger partial charge in [-0.15, -0.1) is 11.3 Å². The van der Waals surface area contributed by atoms with Crippen molar-refractivity contribution in [1.82, 2.24) is 0 Å². The lowest BCUT2D eigenvalue weighted by Gasteiger charge is -1.80. The molecule has 1 nitrogen and oxygen atoms in total. The second-order valence-electron chi connectivity index (χ2n) is 2.43. The van der Waals surface area contributed by atoms with Crippen LogP contribution in [0.15, 0.2) is 17.5 Å². The molecule has 0 N–H and O–H groups in total. The zero-order chi connectivity index (χ0) is 8.27. The van der Waals surface area contributed by atoms with Crippen LogP contribution in [-0.2, 0) is 4.79 Å². The van der Waals surface area contributed by atoms with Gasteiger partial charge in [-0.25, -0.2) is 0 Å². The van der Waals surface area contributed by atoms with Crippen LogP contribution in [-0.4, -0.2) is 5.78 Å². The Bertz CT molecular complexity index is 284. The normalized spacial score (nSPS) is 10.7. The van der Waals surface area contributed by atoms with Crippen molar-refractivity contribution < 1.29 is 4.79 Å². The monoisotopic (exact) mass is 166 g/mol. The number of thiophene rings is 1. The molecule has 0 aromatic carbocycles. The summed E-state index contributed by atoms with van der Waals surface area (Å²) in [5.41, 5.74) is 1.11. The lowest BCUT2D eigenvalue weighted by atomic mass is 10.2. The molecule has 0 aliphatic heterocycles. The average molecular weight is 166 g/mol. The number of hydrogen-bond acceptors (Lipinski definition) is 2. The minimum Gasteiger partial charge on any atom is -0.295 e. The SMILES string of the molecule is CC(=O)/C=C/c1csc(C)c1. The number of hydrogen-bond donors (Lipinski definition) is 0. The van der Waals surface area contributed by atoms with Crippen molar-refractivity contribution in [3.8, 4) is 0 Å². The lowest BCUT2D eigenvalue weighted by molar-refractivity contribution is -0.112. The van der Waals surface area contributed by atoms with E-state index in [0.29, 0.717) is 0 Å². The maximum atomic E-state index is 10.5. The van der Waals surface area contributed by atoms with Crippen molar-refractivity contribution in [2.75, 3.05) is 0 Å². The van der Waals surface area contributed by atoms with Crippen LogP contribution < -0.4 is 0 Å². The van der Waals surface area contributed by atoms with Gasteiger partial charge in [0.15, 0.2) is 5.78 Å². The largest absolute Gasteiger partial charge is 0.295 e. The molecule has 0 unspecified atom stereocenters. The summed E-state index contributed by atoms with van der Waals surface area (Å²) in [4.78, 5) is 11.8. The minimum absolute atomic E-state index is 0.0915. The number of allylic oxidation sites excluding steroid dienone is 1. The summed E-state index contributed by atoms with van der Waals surface area (Å²) in [6.07, 6.45) is 3.42. The van der Waals surface area contributed by atoms with Gasteiger partial charge in [-0.1, -0.05) is 6.08 Å². The topological polar surface area (TPSA) is 17.1 Å². The van der Waals surface area contributed by atoms with E-state index >= 15 is 0 Å². The standard InChI is InChI=1S/C9H10OS/c1-7(10)3-4-9-5-8(2)11-6-9/h3-6H,1-2H3/b4-3+. The summed E-state index contributed by atoms with van der Waals surface area (Å²) < 4.78 is 0. The Morgan fingerprint density at radius 1 is 1.64 bits per heavy atom. The summed E-state index contributed by atoms with van der Waals surface area (Å²) >= 11 is 1.69. The Kier molecular flexibility index (Phi) is 2.60. The molecule has 0 bridgehead atoms. The van der Waals surface area contributed by atoms with Crippen molar-refractivity contribution in [2.45, 2.75) is 13.8 Å². The molecule has 0 amide bonds. The highest BCUT2D eigenvalue weighted by molar-refractivity contribution is 7.10. The molecule has 0 aliphatic rings. The Morgan fingerprint density at radius 2 is 2.36 bits per heavy atom. The number of carbonyl (C=O) groups is 1. The van der Waals surface area contributed by atoms with Crippen molar-refractivity contribution in [3.05, 3.63) is 28.0 Å². The maximum Gasteiger partial charge on any atom is 0.152 e. The van der Waals surface area contributed by atoms with E-state index in [9.17, 15) is 4.79 Å². The van der Waals surface area contributed by atoms with Crippen LogP contribution in [0.2, 0.25) is 0 Å². The maximum absolute atomic E-state index is 10.5. The first kappa shape index (κ1) is 8.21. The molecule has 0 saturated heterocycles. The molecular formula is C9H10OS. The third-order valence-electron chi connectivity index (χ3n) is 1.26. The molecule has 1 aromatic rings. The zero-order valence-electron chi connectivity index (χ0n) is 6.63. The van der Waals surface area contributed by atoms with E-state index in [-0.39, 0.29) is 5.78 Å². The number of aryl methyl sites for hydroxylation is 1. The summed E-state index contributed by atoms with van der Waals surface area (Å²) in [5, 5.41) is 2.04. The Hall–Kier alpha value is -0.890. The minimum atomic E-state index is 0.0915. The van der Waals surface area contributed by atoms with E-state index in [1.807, 2.05) is 11.5 Å². The molecule has 1 heterocycles. The molecule has 2 heteroatoms. The fourth-order valence-electron chi connectivity index (χ4n) is 0.765. The van der Waals surface area contributed by atoms with Crippen molar-refractivity contribution in [2.24, 2.45) is 0 Å². The van der Waals surface area contributed by atoms with E-state index in [1.54, 1.807) is 24.3 Å². The number of carbonyl (C=O) groups excluding carboxylic acids is 1. The van der Waals surface area contributed by atoms with Gasteiger partial charge >= 0.3 is 0 Å². The molecule has 1 aromatic heterocycles. The molecule has 0 spiro atoms. The van der Waals surface area contributed by atoms with E-state index in [1.165, 1.54) is 4.88 Å². The summed E-state index contributed by atoms with van der Waals surface area (Å²) in [6.45, 7) is 3.60. The number of rotatable bonds is 2. The van der Waals surface area contributed by atoms with Gasteiger partial charge in [0.1, 0.15) is 0 Å². The van der Waals surface area contributed by atoms with Gasteiger partial charge in [0.2, 0.25) is 0 Å². The number of ketones is 1. The molecule has 0 radical (unpaired) electrons. The van der Waals surface area contributed by atoms with Gasteiger partial charge in [0, 0.05) is 4.88 Å². The highest BCUT2D eigenvalue weighted by atomic mass is 32.1. The van der Waals surface area contributed by atoms with E-state index < -0.39 is 0 Å². The van der Waals surface area contributed by atoms with Crippen LogP contribution >= 0.6 is 11.3 Å². The van der Waals surface area contributed by atoms with Crippen LogP contribution in [0.4, 0.5) is 0 Å². The van der Waals surface area contributed by atoms with Crippen LogP contribution in [0.5, 0.6) is 0 Å². The Balaban J connectivity index is 2.71. The summed E-state index contributed by atoms with van der Waals surface area (Å²) in [6, 6.07) is 2.06. The fraction of sp³-hybridized carbons (Fsp3) is 0.222. The van der Waals surface area contributed by atoms with E-state index in [4.69, 9.17) is 0 Å². The first-order valence-electron chi connectivity index (χ1n) is 3.42. The second-order valence-corrected chi connectivity index (χ2v) is 3.55. The average Bonchev–Trinajstić information content (AvgIpc) is 2.31. The molecule has 0 aliphatic carbocycles. The third-order valence-corrected chi connectivity index (χ3v) is 2.14. The fourth-order valence-corrected chi connectivity index (χ4v) is 1.44. The molecule has 0 fully saturated rings. The predicted molar refractivity (Wildman–Crippen MR) is 48.8 cm³/mol.